The fourth-order valence-corrected chi connectivity index (χ4v) is 1.68. The second kappa shape index (κ2) is 4.49. The van der Waals surface area contributed by atoms with Crippen molar-refractivity contribution in [1.82, 2.24) is 9.97 Å². The van der Waals surface area contributed by atoms with Crippen LogP contribution < -0.4 is 10.5 Å². The third kappa shape index (κ3) is 2.25. The Hall–Kier alpha value is -1.97. The first-order valence-corrected chi connectivity index (χ1v) is 5.60. The van der Waals surface area contributed by atoms with E-state index in [1.807, 2.05) is 24.4 Å². The van der Waals surface area contributed by atoms with Gasteiger partial charge in [-0.3, -0.25) is 0 Å². The van der Waals surface area contributed by atoms with Crippen LogP contribution in [0.2, 0.25) is 0 Å². The second-order valence-electron chi connectivity index (χ2n) is 4.29. The van der Waals surface area contributed by atoms with Crippen molar-refractivity contribution in [2.75, 3.05) is 12.8 Å². The van der Waals surface area contributed by atoms with Crippen LogP contribution in [0.5, 0.6) is 5.75 Å². The molecule has 90 valence electrons. The van der Waals surface area contributed by atoms with Gasteiger partial charge in [0.25, 0.3) is 0 Å². The standard InChI is InChI=1S/C13H17N3O/c1-8(2)13-15-7-11(16-13)9-4-5-12(17-3)10(14)6-9/h4-8H,14H2,1-3H3,(H,15,16). The van der Waals surface area contributed by atoms with E-state index >= 15 is 0 Å². The number of hydrogen-bond acceptors (Lipinski definition) is 3. The fourth-order valence-electron chi connectivity index (χ4n) is 1.68. The van der Waals surface area contributed by atoms with Crippen molar-refractivity contribution in [3.05, 3.63) is 30.2 Å². The van der Waals surface area contributed by atoms with Crippen LogP contribution >= 0.6 is 0 Å². The predicted molar refractivity (Wildman–Crippen MR) is 69.1 cm³/mol. The largest absolute Gasteiger partial charge is 0.495 e. The van der Waals surface area contributed by atoms with Gasteiger partial charge in [0.1, 0.15) is 11.6 Å². The van der Waals surface area contributed by atoms with Gasteiger partial charge in [0.05, 0.1) is 24.7 Å². The van der Waals surface area contributed by atoms with Crippen LogP contribution in [0.15, 0.2) is 24.4 Å². The molecule has 2 aromatic rings. The molecule has 0 unspecified atom stereocenters. The van der Waals surface area contributed by atoms with Gasteiger partial charge in [-0.1, -0.05) is 13.8 Å². The summed E-state index contributed by atoms with van der Waals surface area (Å²) in [5.41, 5.74) is 8.50. The van der Waals surface area contributed by atoms with Crippen molar-refractivity contribution in [1.29, 1.82) is 0 Å². The van der Waals surface area contributed by atoms with Crippen molar-refractivity contribution in [2.45, 2.75) is 19.8 Å². The Kier molecular flexibility index (Phi) is 3.04. The number of benzene rings is 1. The van der Waals surface area contributed by atoms with E-state index in [0.717, 1.165) is 17.1 Å². The van der Waals surface area contributed by atoms with E-state index in [-0.39, 0.29) is 0 Å². The average molecular weight is 231 g/mol. The van der Waals surface area contributed by atoms with Gasteiger partial charge in [-0.2, -0.15) is 0 Å². The molecule has 0 saturated heterocycles. The number of methoxy groups -OCH3 is 1. The lowest BCUT2D eigenvalue weighted by Gasteiger charge is -2.06. The number of nitrogens with two attached hydrogens (primary N) is 1. The van der Waals surface area contributed by atoms with Crippen LogP contribution in [0.1, 0.15) is 25.6 Å². The number of hydrogen-bond donors (Lipinski definition) is 2. The van der Waals surface area contributed by atoms with Crippen LogP contribution in [-0.4, -0.2) is 17.1 Å². The van der Waals surface area contributed by atoms with E-state index < -0.39 is 0 Å². The highest BCUT2D eigenvalue weighted by Gasteiger charge is 2.08. The Balaban J connectivity index is 2.36. The highest BCUT2D eigenvalue weighted by molar-refractivity contribution is 5.68. The lowest BCUT2D eigenvalue weighted by molar-refractivity contribution is 0.417. The Morgan fingerprint density at radius 3 is 2.65 bits per heavy atom. The summed E-state index contributed by atoms with van der Waals surface area (Å²) in [4.78, 5) is 7.62. The van der Waals surface area contributed by atoms with Crippen LogP contribution in [0.4, 0.5) is 5.69 Å². The molecule has 1 aromatic heterocycles. The topological polar surface area (TPSA) is 63.9 Å². The van der Waals surface area contributed by atoms with E-state index in [9.17, 15) is 0 Å². The molecule has 3 N–H and O–H groups in total. The zero-order chi connectivity index (χ0) is 12.4. The molecule has 17 heavy (non-hydrogen) atoms. The summed E-state index contributed by atoms with van der Waals surface area (Å²) in [6, 6.07) is 5.71. The van der Waals surface area contributed by atoms with Crippen molar-refractivity contribution < 1.29 is 4.74 Å². The van der Waals surface area contributed by atoms with Crippen LogP contribution in [0.3, 0.4) is 0 Å². The lowest BCUT2D eigenvalue weighted by atomic mass is 10.1. The van der Waals surface area contributed by atoms with Gasteiger partial charge >= 0.3 is 0 Å². The fraction of sp³-hybridized carbons (Fsp3) is 0.308. The maximum Gasteiger partial charge on any atom is 0.141 e. The van der Waals surface area contributed by atoms with Crippen molar-refractivity contribution in [2.24, 2.45) is 0 Å². The summed E-state index contributed by atoms with van der Waals surface area (Å²) >= 11 is 0. The van der Waals surface area contributed by atoms with E-state index in [0.29, 0.717) is 17.4 Å². The van der Waals surface area contributed by atoms with Gasteiger partial charge in [0.2, 0.25) is 0 Å². The minimum absolute atomic E-state index is 0.388. The number of nitrogen functional groups attached to an aromatic ring is 1. The Morgan fingerprint density at radius 2 is 2.12 bits per heavy atom. The van der Waals surface area contributed by atoms with Crippen LogP contribution in [0, 0.1) is 0 Å². The summed E-state index contributed by atoms with van der Waals surface area (Å²) in [5, 5.41) is 0. The first kappa shape index (κ1) is 11.5. The molecule has 4 heteroatoms. The second-order valence-corrected chi connectivity index (χ2v) is 4.29. The highest BCUT2D eigenvalue weighted by atomic mass is 16.5. The summed E-state index contributed by atoms with van der Waals surface area (Å²) in [7, 11) is 1.61. The molecule has 0 bridgehead atoms. The molecule has 0 aliphatic rings. The van der Waals surface area contributed by atoms with Crippen molar-refractivity contribution in [3.63, 3.8) is 0 Å². The van der Waals surface area contributed by atoms with Gasteiger partial charge < -0.3 is 15.5 Å². The molecule has 1 aromatic carbocycles. The molecule has 2 rings (SSSR count). The number of aromatic amines is 1. The maximum atomic E-state index is 5.88. The first-order valence-electron chi connectivity index (χ1n) is 5.60. The number of aromatic nitrogens is 2. The molecule has 0 aliphatic carbocycles. The number of nitrogens with zero attached hydrogens (tertiary/aromatic N) is 1. The minimum Gasteiger partial charge on any atom is -0.495 e. The minimum atomic E-state index is 0.388. The summed E-state index contributed by atoms with van der Waals surface area (Å²) < 4.78 is 5.13. The zero-order valence-electron chi connectivity index (χ0n) is 10.3. The van der Waals surface area contributed by atoms with Gasteiger partial charge in [-0.25, -0.2) is 4.98 Å². The molecule has 0 spiro atoms. The molecule has 0 aliphatic heterocycles. The third-order valence-corrected chi connectivity index (χ3v) is 2.68. The molecule has 0 atom stereocenters. The summed E-state index contributed by atoms with van der Waals surface area (Å²) in [5.74, 6) is 2.06. The number of ether oxygens (including phenoxy) is 1. The average Bonchev–Trinajstić information content (AvgIpc) is 2.78. The predicted octanol–water partition coefficient (Wildman–Crippen LogP) is 2.79. The quantitative estimate of drug-likeness (QED) is 0.798. The monoisotopic (exact) mass is 231 g/mol. The highest BCUT2D eigenvalue weighted by Crippen LogP contribution is 2.27. The zero-order valence-corrected chi connectivity index (χ0v) is 10.3. The van der Waals surface area contributed by atoms with E-state index in [1.54, 1.807) is 7.11 Å². The van der Waals surface area contributed by atoms with E-state index in [4.69, 9.17) is 10.5 Å². The normalized spacial score (nSPS) is 10.8. The summed E-state index contributed by atoms with van der Waals surface area (Å²) in [6.45, 7) is 4.20. The van der Waals surface area contributed by atoms with Crippen molar-refractivity contribution in [3.8, 4) is 17.0 Å². The van der Waals surface area contributed by atoms with Crippen LogP contribution in [-0.2, 0) is 0 Å². The van der Waals surface area contributed by atoms with E-state index in [2.05, 4.69) is 23.8 Å². The molecular weight excluding hydrogens is 214 g/mol. The first-order chi connectivity index (χ1) is 8.11. The Bertz CT molecular complexity index is 517. The molecular formula is C13H17N3O. The lowest BCUT2D eigenvalue weighted by Crippen LogP contribution is -1.93. The van der Waals surface area contributed by atoms with Crippen molar-refractivity contribution >= 4 is 5.69 Å². The molecule has 1 heterocycles. The summed E-state index contributed by atoms with van der Waals surface area (Å²) in [6.07, 6.45) is 1.83. The Labute approximate surface area is 101 Å². The van der Waals surface area contributed by atoms with Crippen LogP contribution in [0.25, 0.3) is 11.3 Å². The van der Waals surface area contributed by atoms with Gasteiger partial charge in [-0.05, 0) is 18.2 Å². The molecule has 0 saturated carbocycles. The number of anilines is 1. The molecule has 4 nitrogen and oxygen atoms in total. The van der Waals surface area contributed by atoms with Gasteiger partial charge in [0.15, 0.2) is 0 Å². The number of H-pyrrole nitrogens is 1. The van der Waals surface area contributed by atoms with Gasteiger partial charge in [0, 0.05) is 11.5 Å². The number of nitrogens with one attached hydrogen (secondary N) is 1. The Morgan fingerprint density at radius 1 is 1.35 bits per heavy atom. The number of rotatable bonds is 3. The molecule has 0 fully saturated rings. The maximum absolute atomic E-state index is 5.88. The smallest absolute Gasteiger partial charge is 0.141 e. The van der Waals surface area contributed by atoms with E-state index in [1.165, 1.54) is 0 Å². The molecule has 0 radical (unpaired) electrons. The molecule has 0 amide bonds. The SMILES string of the molecule is COc1ccc(-c2cnc(C(C)C)[nH]2)cc1N. The van der Waals surface area contributed by atoms with Gasteiger partial charge in [-0.15, -0.1) is 0 Å². The third-order valence-electron chi connectivity index (χ3n) is 2.68. The number of imidazole rings is 1.